The first-order chi connectivity index (χ1) is 9.82. The highest BCUT2D eigenvalue weighted by Gasteiger charge is 2.49. The molecule has 7 heteroatoms. The molecule has 3 rings (SSSR count). The van der Waals surface area contributed by atoms with Crippen molar-refractivity contribution < 1.29 is 18.3 Å². The van der Waals surface area contributed by atoms with E-state index in [9.17, 15) is 13.6 Å². The lowest BCUT2D eigenvalue weighted by molar-refractivity contribution is -0.149. The summed E-state index contributed by atoms with van der Waals surface area (Å²) in [7, 11) is 0. The maximum atomic E-state index is 13.1. The van der Waals surface area contributed by atoms with Crippen LogP contribution in [0.4, 0.5) is 8.78 Å². The Bertz CT molecular complexity index is 594. The molecule has 0 radical (unpaired) electrons. The van der Waals surface area contributed by atoms with E-state index in [1.54, 1.807) is 6.20 Å². The number of carbonyl (C=O) groups excluding carboxylic acids is 1. The summed E-state index contributed by atoms with van der Waals surface area (Å²) in [4.78, 5) is 18.0. The molecule has 1 saturated heterocycles. The topological polar surface area (TPSA) is 42.4 Å². The van der Waals surface area contributed by atoms with Gasteiger partial charge in [0.05, 0.1) is 12.6 Å². The monoisotopic (exact) mass is 316 g/mol. The number of fused-ring (bicyclic) bond motifs is 4. The van der Waals surface area contributed by atoms with Crippen LogP contribution in [0.3, 0.4) is 0 Å². The first-order valence-electron chi connectivity index (χ1n) is 6.71. The van der Waals surface area contributed by atoms with Crippen LogP contribution in [0.2, 0.25) is 5.02 Å². The van der Waals surface area contributed by atoms with Crippen LogP contribution in [0.1, 0.15) is 31.9 Å². The third-order valence-corrected chi connectivity index (χ3v) is 4.41. The van der Waals surface area contributed by atoms with Crippen molar-refractivity contribution in [2.45, 2.75) is 38.8 Å². The molecule has 0 aliphatic carbocycles. The number of pyridine rings is 1. The standard InChI is InChI=1S/C14H15ClF2N2O2/c1-14(2,12(16)17)13(20)19-6-7-3-10(19)8-4-18-5-9(15)11(8)21-7/h4-5,7,10,12H,3,6H2,1-2H3/t7-,10-/m0/s1. The molecule has 0 saturated carbocycles. The molecule has 4 nitrogen and oxygen atoms in total. The number of alkyl halides is 2. The van der Waals surface area contributed by atoms with Crippen molar-refractivity contribution >= 4 is 17.5 Å². The molecule has 3 heterocycles. The molecule has 1 fully saturated rings. The average Bonchev–Trinajstić information content (AvgIpc) is 2.77. The maximum Gasteiger partial charge on any atom is 0.252 e. The Balaban J connectivity index is 1.96. The Morgan fingerprint density at radius 1 is 1.52 bits per heavy atom. The zero-order valence-electron chi connectivity index (χ0n) is 11.6. The second-order valence-corrected chi connectivity index (χ2v) is 6.42. The van der Waals surface area contributed by atoms with Gasteiger partial charge in [-0.1, -0.05) is 11.6 Å². The summed E-state index contributed by atoms with van der Waals surface area (Å²) in [6.07, 6.45) is 0.715. The Hall–Kier alpha value is -1.43. The first-order valence-corrected chi connectivity index (χ1v) is 7.09. The summed E-state index contributed by atoms with van der Waals surface area (Å²) in [5.74, 6) is -0.0560. The summed E-state index contributed by atoms with van der Waals surface area (Å²) in [6, 6.07) is -0.296. The average molecular weight is 317 g/mol. The number of halogens is 3. The maximum absolute atomic E-state index is 13.1. The lowest BCUT2D eigenvalue weighted by Gasteiger charge is -2.32. The van der Waals surface area contributed by atoms with Crippen molar-refractivity contribution in [3.05, 3.63) is 23.0 Å². The minimum atomic E-state index is -2.72. The van der Waals surface area contributed by atoms with Crippen LogP contribution in [0, 0.1) is 5.41 Å². The number of amides is 1. The predicted octanol–water partition coefficient (Wildman–Crippen LogP) is 3.06. The molecule has 114 valence electrons. The fraction of sp³-hybridized carbons (Fsp3) is 0.571. The third kappa shape index (κ3) is 2.16. The highest BCUT2D eigenvalue weighted by molar-refractivity contribution is 6.32. The Morgan fingerprint density at radius 2 is 2.24 bits per heavy atom. The molecule has 2 aliphatic rings. The largest absolute Gasteiger partial charge is 0.486 e. The van der Waals surface area contributed by atoms with E-state index in [0.29, 0.717) is 29.3 Å². The Morgan fingerprint density at radius 3 is 2.90 bits per heavy atom. The summed E-state index contributed by atoms with van der Waals surface area (Å²) in [5, 5.41) is 0.379. The fourth-order valence-electron chi connectivity index (χ4n) is 2.83. The molecule has 2 atom stereocenters. The van der Waals surface area contributed by atoms with Crippen LogP contribution in [-0.4, -0.2) is 34.9 Å². The second kappa shape index (κ2) is 4.80. The second-order valence-electron chi connectivity index (χ2n) is 6.01. The van der Waals surface area contributed by atoms with Crippen molar-refractivity contribution in [3.63, 3.8) is 0 Å². The number of nitrogens with zero attached hydrogens (tertiary/aromatic N) is 2. The van der Waals surface area contributed by atoms with Crippen molar-refractivity contribution in [1.82, 2.24) is 9.88 Å². The number of hydrogen-bond acceptors (Lipinski definition) is 3. The Kier molecular flexibility index (Phi) is 3.31. The molecular formula is C14H15ClF2N2O2. The van der Waals surface area contributed by atoms with Crippen LogP contribution in [0.25, 0.3) is 0 Å². The van der Waals surface area contributed by atoms with E-state index < -0.39 is 17.7 Å². The lowest BCUT2D eigenvalue weighted by Crippen LogP contribution is -2.44. The summed E-state index contributed by atoms with van der Waals surface area (Å²) in [5.41, 5.74) is -1.03. The van der Waals surface area contributed by atoms with Gasteiger partial charge in [-0.3, -0.25) is 9.78 Å². The molecular weight excluding hydrogens is 302 g/mol. The Labute approximate surface area is 126 Å². The number of rotatable bonds is 2. The van der Waals surface area contributed by atoms with Gasteiger partial charge in [0.2, 0.25) is 5.91 Å². The normalized spacial score (nSPS) is 24.0. The molecule has 0 N–H and O–H groups in total. The van der Waals surface area contributed by atoms with E-state index >= 15 is 0 Å². The molecule has 1 amide bonds. The number of carbonyl (C=O) groups is 1. The minimum Gasteiger partial charge on any atom is -0.486 e. The van der Waals surface area contributed by atoms with Crippen LogP contribution in [0.15, 0.2) is 12.4 Å². The zero-order valence-corrected chi connectivity index (χ0v) is 12.4. The van der Waals surface area contributed by atoms with Crippen molar-refractivity contribution in [3.8, 4) is 5.75 Å². The molecule has 0 spiro atoms. The van der Waals surface area contributed by atoms with Crippen LogP contribution < -0.4 is 4.74 Å². The van der Waals surface area contributed by atoms with E-state index in [-0.39, 0.29) is 12.1 Å². The number of ether oxygens (including phenoxy) is 1. The zero-order chi connectivity index (χ0) is 15.4. The lowest BCUT2D eigenvalue weighted by atomic mass is 9.91. The molecule has 21 heavy (non-hydrogen) atoms. The first kappa shape index (κ1) is 14.5. The third-order valence-electron chi connectivity index (χ3n) is 4.14. The highest BCUT2D eigenvalue weighted by atomic mass is 35.5. The quantitative estimate of drug-likeness (QED) is 0.842. The van der Waals surface area contributed by atoms with Gasteiger partial charge in [-0.05, 0) is 13.8 Å². The van der Waals surface area contributed by atoms with Gasteiger partial charge >= 0.3 is 0 Å². The van der Waals surface area contributed by atoms with Gasteiger partial charge in [-0.15, -0.1) is 0 Å². The van der Waals surface area contributed by atoms with Gasteiger partial charge < -0.3 is 9.64 Å². The molecule has 0 aromatic carbocycles. The highest BCUT2D eigenvalue weighted by Crippen LogP contribution is 2.47. The van der Waals surface area contributed by atoms with E-state index in [0.717, 1.165) is 0 Å². The predicted molar refractivity (Wildman–Crippen MR) is 72.5 cm³/mol. The van der Waals surface area contributed by atoms with Gasteiger partial charge in [0.15, 0.2) is 0 Å². The molecule has 0 unspecified atom stereocenters. The van der Waals surface area contributed by atoms with Gasteiger partial charge in [0.25, 0.3) is 6.43 Å². The molecule has 1 aromatic rings. The van der Waals surface area contributed by atoms with Crippen LogP contribution in [0.5, 0.6) is 5.75 Å². The van der Waals surface area contributed by atoms with E-state index in [1.807, 2.05) is 0 Å². The van der Waals surface area contributed by atoms with Crippen molar-refractivity contribution in [2.75, 3.05) is 6.54 Å². The molecule has 2 bridgehead atoms. The summed E-state index contributed by atoms with van der Waals surface area (Å²) >= 11 is 6.06. The summed E-state index contributed by atoms with van der Waals surface area (Å²) in [6.45, 7) is 2.82. The molecule has 2 aliphatic heterocycles. The number of hydrogen-bond donors (Lipinski definition) is 0. The van der Waals surface area contributed by atoms with Gasteiger partial charge in [0, 0.05) is 24.4 Å². The van der Waals surface area contributed by atoms with Gasteiger partial charge in [-0.2, -0.15) is 0 Å². The van der Waals surface area contributed by atoms with E-state index in [1.165, 1.54) is 24.9 Å². The van der Waals surface area contributed by atoms with Crippen molar-refractivity contribution in [2.24, 2.45) is 5.41 Å². The van der Waals surface area contributed by atoms with Crippen LogP contribution in [-0.2, 0) is 4.79 Å². The fourth-order valence-corrected chi connectivity index (χ4v) is 3.04. The van der Waals surface area contributed by atoms with Crippen molar-refractivity contribution in [1.29, 1.82) is 0 Å². The number of likely N-dealkylation sites (tertiary alicyclic amines) is 1. The number of aromatic nitrogens is 1. The summed E-state index contributed by atoms with van der Waals surface area (Å²) < 4.78 is 32.0. The smallest absolute Gasteiger partial charge is 0.252 e. The molecule has 1 aromatic heterocycles. The SMILES string of the molecule is CC(C)(C(=O)N1C[C@@H]2C[C@H]1c1cncc(Cl)c1O2)C(F)F. The van der Waals surface area contributed by atoms with Gasteiger partial charge in [0.1, 0.15) is 22.3 Å². The van der Waals surface area contributed by atoms with Crippen LogP contribution >= 0.6 is 11.6 Å². The minimum absolute atomic E-state index is 0.208. The van der Waals surface area contributed by atoms with E-state index in [2.05, 4.69) is 4.98 Å². The van der Waals surface area contributed by atoms with Gasteiger partial charge in [-0.25, -0.2) is 8.78 Å². The van der Waals surface area contributed by atoms with E-state index in [4.69, 9.17) is 16.3 Å².